The van der Waals surface area contributed by atoms with Crippen LogP contribution in [0.5, 0.6) is 0 Å². The van der Waals surface area contributed by atoms with E-state index in [2.05, 4.69) is 5.32 Å². The Balaban J connectivity index is 2.76. The molecule has 1 aromatic carbocycles. The molecule has 0 amide bonds. The number of benzene rings is 1. The maximum absolute atomic E-state index is 8.39. The van der Waals surface area contributed by atoms with Gasteiger partial charge in [-0.05, 0) is 19.4 Å². The minimum Gasteiger partial charge on any atom is -0.317 e. The van der Waals surface area contributed by atoms with Crippen LogP contribution in [0.3, 0.4) is 0 Å². The zero-order valence-corrected chi connectivity index (χ0v) is 7.33. The standard InChI is InChI=1S/C10H12N2/c1-8-3-5-10(6-4-8)9(2)12-7-11/h3-6,9,12H,1-2H3. The van der Waals surface area contributed by atoms with Gasteiger partial charge in [-0.1, -0.05) is 29.8 Å². The van der Waals surface area contributed by atoms with Gasteiger partial charge in [-0.3, -0.25) is 0 Å². The van der Waals surface area contributed by atoms with Gasteiger partial charge in [0.05, 0.1) is 6.04 Å². The van der Waals surface area contributed by atoms with E-state index < -0.39 is 0 Å². The second kappa shape index (κ2) is 3.77. The van der Waals surface area contributed by atoms with Gasteiger partial charge in [-0.25, -0.2) is 0 Å². The normalized spacial score (nSPS) is 11.8. The maximum atomic E-state index is 8.39. The Kier molecular flexibility index (Phi) is 2.71. The Morgan fingerprint density at radius 3 is 2.42 bits per heavy atom. The van der Waals surface area contributed by atoms with Crippen molar-refractivity contribution in [2.45, 2.75) is 19.9 Å². The van der Waals surface area contributed by atoms with Crippen LogP contribution in [0.2, 0.25) is 0 Å². The fraction of sp³-hybridized carbons (Fsp3) is 0.300. The van der Waals surface area contributed by atoms with Crippen molar-refractivity contribution in [1.82, 2.24) is 5.32 Å². The lowest BCUT2D eigenvalue weighted by Gasteiger charge is -2.08. The van der Waals surface area contributed by atoms with Crippen molar-refractivity contribution in [2.75, 3.05) is 0 Å². The highest BCUT2D eigenvalue weighted by Crippen LogP contribution is 2.11. The fourth-order valence-corrected chi connectivity index (χ4v) is 1.04. The van der Waals surface area contributed by atoms with E-state index in [1.165, 1.54) is 5.56 Å². The Labute approximate surface area is 72.8 Å². The summed E-state index contributed by atoms with van der Waals surface area (Å²) in [6.07, 6.45) is 1.93. The van der Waals surface area contributed by atoms with E-state index in [4.69, 9.17) is 5.26 Å². The number of nitriles is 1. The Morgan fingerprint density at radius 1 is 1.33 bits per heavy atom. The molecule has 1 rings (SSSR count). The van der Waals surface area contributed by atoms with Crippen LogP contribution >= 0.6 is 0 Å². The number of rotatable bonds is 2. The van der Waals surface area contributed by atoms with Gasteiger partial charge in [-0.15, -0.1) is 0 Å². The number of nitrogens with one attached hydrogen (secondary N) is 1. The van der Waals surface area contributed by atoms with Crippen LogP contribution < -0.4 is 5.32 Å². The van der Waals surface area contributed by atoms with Gasteiger partial charge in [0.15, 0.2) is 6.19 Å². The molecule has 0 heterocycles. The van der Waals surface area contributed by atoms with E-state index in [1.807, 2.05) is 44.3 Å². The van der Waals surface area contributed by atoms with Gasteiger partial charge in [0, 0.05) is 0 Å². The molecule has 0 aliphatic rings. The third-order valence-corrected chi connectivity index (χ3v) is 1.86. The molecule has 12 heavy (non-hydrogen) atoms. The summed E-state index contributed by atoms with van der Waals surface area (Å²) in [5.41, 5.74) is 2.38. The smallest absolute Gasteiger partial charge is 0.177 e. The maximum Gasteiger partial charge on any atom is 0.177 e. The average Bonchev–Trinajstić information content (AvgIpc) is 2.06. The number of aryl methyl sites for hydroxylation is 1. The van der Waals surface area contributed by atoms with Gasteiger partial charge < -0.3 is 5.32 Å². The first-order valence-electron chi connectivity index (χ1n) is 3.95. The molecule has 0 aromatic heterocycles. The summed E-state index contributed by atoms with van der Waals surface area (Å²) in [6.45, 7) is 4.01. The van der Waals surface area contributed by atoms with Gasteiger partial charge in [0.25, 0.3) is 0 Å². The third-order valence-electron chi connectivity index (χ3n) is 1.86. The van der Waals surface area contributed by atoms with E-state index in [-0.39, 0.29) is 6.04 Å². The van der Waals surface area contributed by atoms with E-state index in [1.54, 1.807) is 0 Å². The molecule has 1 aromatic rings. The quantitative estimate of drug-likeness (QED) is 0.531. The van der Waals surface area contributed by atoms with Crippen LogP contribution in [0.25, 0.3) is 0 Å². The second-order valence-electron chi connectivity index (χ2n) is 2.89. The van der Waals surface area contributed by atoms with Crippen LogP contribution in [0, 0.1) is 18.4 Å². The Bertz CT molecular complexity index is 282. The van der Waals surface area contributed by atoms with Crippen molar-refractivity contribution in [3.8, 4) is 6.19 Å². The summed E-state index contributed by atoms with van der Waals surface area (Å²) in [7, 11) is 0. The predicted octanol–water partition coefficient (Wildman–Crippen LogP) is 2.13. The van der Waals surface area contributed by atoms with Crippen LogP contribution in [0.4, 0.5) is 0 Å². The molecule has 1 unspecified atom stereocenters. The van der Waals surface area contributed by atoms with Crippen molar-refractivity contribution in [3.63, 3.8) is 0 Å². The van der Waals surface area contributed by atoms with Crippen LogP contribution in [0.1, 0.15) is 24.1 Å². The van der Waals surface area contributed by atoms with Crippen molar-refractivity contribution < 1.29 is 0 Å². The summed E-state index contributed by atoms with van der Waals surface area (Å²) in [5, 5.41) is 11.1. The topological polar surface area (TPSA) is 35.8 Å². The van der Waals surface area contributed by atoms with Crippen LogP contribution in [0.15, 0.2) is 24.3 Å². The molecule has 2 heteroatoms. The molecule has 2 nitrogen and oxygen atoms in total. The van der Waals surface area contributed by atoms with E-state index in [0.717, 1.165) is 5.56 Å². The molecule has 0 spiro atoms. The van der Waals surface area contributed by atoms with Crippen LogP contribution in [-0.2, 0) is 0 Å². The monoisotopic (exact) mass is 160 g/mol. The molecule has 0 saturated heterocycles. The molecular weight excluding hydrogens is 148 g/mol. The van der Waals surface area contributed by atoms with Crippen molar-refractivity contribution in [3.05, 3.63) is 35.4 Å². The first kappa shape index (κ1) is 8.61. The average molecular weight is 160 g/mol. The number of hydrogen-bond acceptors (Lipinski definition) is 2. The molecule has 0 aliphatic carbocycles. The Morgan fingerprint density at radius 2 is 1.92 bits per heavy atom. The summed E-state index contributed by atoms with van der Waals surface area (Å²) in [4.78, 5) is 0. The zero-order chi connectivity index (χ0) is 8.97. The highest BCUT2D eigenvalue weighted by atomic mass is 14.9. The second-order valence-corrected chi connectivity index (χ2v) is 2.89. The summed E-state index contributed by atoms with van der Waals surface area (Å²) in [5.74, 6) is 0. The molecule has 1 atom stereocenters. The number of hydrogen-bond donors (Lipinski definition) is 1. The molecule has 62 valence electrons. The van der Waals surface area contributed by atoms with Gasteiger partial charge in [0.2, 0.25) is 0 Å². The van der Waals surface area contributed by atoms with E-state index >= 15 is 0 Å². The predicted molar refractivity (Wildman–Crippen MR) is 48.3 cm³/mol. The lowest BCUT2D eigenvalue weighted by molar-refractivity contribution is 0.697. The molecule has 0 bridgehead atoms. The largest absolute Gasteiger partial charge is 0.317 e. The van der Waals surface area contributed by atoms with Crippen molar-refractivity contribution >= 4 is 0 Å². The molecule has 0 radical (unpaired) electrons. The van der Waals surface area contributed by atoms with Gasteiger partial charge >= 0.3 is 0 Å². The minimum atomic E-state index is 0.107. The van der Waals surface area contributed by atoms with Gasteiger partial charge in [-0.2, -0.15) is 5.26 Å². The first-order valence-corrected chi connectivity index (χ1v) is 3.95. The lowest BCUT2D eigenvalue weighted by Crippen LogP contribution is -2.11. The summed E-state index contributed by atoms with van der Waals surface area (Å²) >= 11 is 0. The first-order chi connectivity index (χ1) is 5.74. The van der Waals surface area contributed by atoms with Crippen LogP contribution in [-0.4, -0.2) is 0 Å². The lowest BCUT2D eigenvalue weighted by atomic mass is 10.1. The molecule has 0 aliphatic heterocycles. The molecule has 0 fully saturated rings. The highest BCUT2D eigenvalue weighted by Gasteiger charge is 2.01. The fourth-order valence-electron chi connectivity index (χ4n) is 1.04. The Hall–Kier alpha value is -1.49. The SMILES string of the molecule is Cc1ccc(C(C)NC#N)cc1. The minimum absolute atomic E-state index is 0.107. The molecule has 1 N–H and O–H groups in total. The summed E-state index contributed by atoms with van der Waals surface area (Å²) in [6, 6.07) is 8.26. The molecule has 0 saturated carbocycles. The van der Waals surface area contributed by atoms with Gasteiger partial charge in [0.1, 0.15) is 0 Å². The van der Waals surface area contributed by atoms with Crippen molar-refractivity contribution in [1.29, 1.82) is 5.26 Å². The van der Waals surface area contributed by atoms with E-state index in [0.29, 0.717) is 0 Å². The number of nitrogens with zero attached hydrogens (tertiary/aromatic N) is 1. The zero-order valence-electron chi connectivity index (χ0n) is 7.33. The van der Waals surface area contributed by atoms with E-state index in [9.17, 15) is 0 Å². The van der Waals surface area contributed by atoms with Crippen molar-refractivity contribution in [2.24, 2.45) is 0 Å². The third kappa shape index (κ3) is 2.00. The molecular formula is C10H12N2. The highest BCUT2D eigenvalue weighted by molar-refractivity contribution is 5.23. The summed E-state index contributed by atoms with van der Waals surface area (Å²) < 4.78 is 0.